The van der Waals surface area contributed by atoms with Crippen molar-refractivity contribution in [1.29, 1.82) is 0 Å². The molecule has 4 heteroatoms. The van der Waals surface area contributed by atoms with Gasteiger partial charge in [0.25, 0.3) is 5.91 Å². The normalized spacial score (nSPS) is 11.8. The van der Waals surface area contributed by atoms with E-state index in [1.165, 1.54) is 0 Å². The summed E-state index contributed by atoms with van der Waals surface area (Å²) in [5.41, 5.74) is 4.12. The van der Waals surface area contributed by atoms with Gasteiger partial charge >= 0.3 is 0 Å². The minimum absolute atomic E-state index is 0.113. The molecule has 1 amide bonds. The average molecular weight is 382 g/mol. The molecule has 1 heterocycles. The molecular formula is C25H22N2O2. The van der Waals surface area contributed by atoms with E-state index in [1.54, 1.807) is 7.11 Å². The first-order valence-corrected chi connectivity index (χ1v) is 9.56. The molecule has 29 heavy (non-hydrogen) atoms. The van der Waals surface area contributed by atoms with E-state index < -0.39 is 0 Å². The summed E-state index contributed by atoms with van der Waals surface area (Å²) in [6.45, 7) is 1.98. The van der Waals surface area contributed by atoms with E-state index in [1.807, 2.05) is 91.9 Å². The number of hydrogen-bond donors (Lipinski definition) is 1. The molecule has 3 aromatic carbocycles. The Hall–Kier alpha value is -3.66. The summed E-state index contributed by atoms with van der Waals surface area (Å²) in [5.74, 6) is 0.552. The smallest absolute Gasteiger partial charge is 0.252 e. The Balaban J connectivity index is 1.79. The third-order valence-corrected chi connectivity index (χ3v) is 4.98. The van der Waals surface area contributed by atoms with Gasteiger partial charge in [0.15, 0.2) is 0 Å². The van der Waals surface area contributed by atoms with Crippen molar-refractivity contribution in [2.24, 2.45) is 0 Å². The molecule has 0 radical (unpaired) electrons. The van der Waals surface area contributed by atoms with Crippen LogP contribution in [0.1, 0.15) is 28.9 Å². The lowest BCUT2D eigenvalue weighted by Gasteiger charge is -2.16. The van der Waals surface area contributed by atoms with Crippen molar-refractivity contribution in [1.82, 2.24) is 10.3 Å². The second kappa shape index (κ2) is 8.15. The monoisotopic (exact) mass is 382 g/mol. The summed E-state index contributed by atoms with van der Waals surface area (Å²) in [4.78, 5) is 18.0. The Labute approximate surface area is 170 Å². The zero-order chi connectivity index (χ0) is 20.2. The van der Waals surface area contributed by atoms with E-state index in [-0.39, 0.29) is 11.9 Å². The SMILES string of the molecule is COc1ccc2nc(-c3ccccc3)cc(C(=O)NC(C)c3ccccc3)c2c1. The topological polar surface area (TPSA) is 51.2 Å². The maximum Gasteiger partial charge on any atom is 0.252 e. The van der Waals surface area contributed by atoms with E-state index in [4.69, 9.17) is 9.72 Å². The van der Waals surface area contributed by atoms with Crippen molar-refractivity contribution in [2.75, 3.05) is 7.11 Å². The average Bonchev–Trinajstić information content (AvgIpc) is 2.79. The molecule has 4 rings (SSSR count). The molecular weight excluding hydrogens is 360 g/mol. The van der Waals surface area contributed by atoms with Crippen LogP contribution in [0.3, 0.4) is 0 Å². The highest BCUT2D eigenvalue weighted by Crippen LogP contribution is 2.28. The molecule has 4 aromatic rings. The Morgan fingerprint density at radius 2 is 1.62 bits per heavy atom. The predicted octanol–water partition coefficient (Wildman–Crippen LogP) is 5.40. The van der Waals surface area contributed by atoms with Crippen molar-refractivity contribution in [2.45, 2.75) is 13.0 Å². The van der Waals surface area contributed by atoms with Gasteiger partial charge in [0.05, 0.1) is 29.9 Å². The standard InChI is InChI=1S/C25H22N2O2/c1-17(18-9-5-3-6-10-18)26-25(28)22-16-24(19-11-7-4-8-12-19)27-23-14-13-20(29-2)15-21(22)23/h3-17H,1-2H3,(H,26,28). The van der Waals surface area contributed by atoms with Crippen molar-refractivity contribution < 1.29 is 9.53 Å². The summed E-state index contributed by atoms with van der Waals surface area (Å²) in [6, 6.07) is 27.1. The lowest BCUT2D eigenvalue weighted by Crippen LogP contribution is -2.27. The molecule has 1 unspecified atom stereocenters. The lowest BCUT2D eigenvalue weighted by atomic mass is 10.0. The van der Waals surface area contributed by atoms with E-state index in [0.29, 0.717) is 11.3 Å². The zero-order valence-corrected chi connectivity index (χ0v) is 16.4. The highest BCUT2D eigenvalue weighted by molar-refractivity contribution is 6.07. The molecule has 0 saturated carbocycles. The zero-order valence-electron chi connectivity index (χ0n) is 16.4. The number of hydrogen-bond acceptors (Lipinski definition) is 3. The minimum atomic E-state index is -0.140. The number of nitrogens with zero attached hydrogens (tertiary/aromatic N) is 1. The van der Waals surface area contributed by atoms with Gasteiger partial charge in [-0.15, -0.1) is 0 Å². The lowest BCUT2D eigenvalue weighted by molar-refractivity contribution is 0.0941. The van der Waals surface area contributed by atoms with E-state index in [9.17, 15) is 4.79 Å². The molecule has 0 aliphatic carbocycles. The highest BCUT2D eigenvalue weighted by Gasteiger charge is 2.17. The van der Waals surface area contributed by atoms with Crippen LogP contribution in [0.15, 0.2) is 84.9 Å². The van der Waals surface area contributed by atoms with Gasteiger partial charge in [0.2, 0.25) is 0 Å². The summed E-state index contributed by atoms with van der Waals surface area (Å²) in [7, 11) is 1.62. The maximum atomic E-state index is 13.2. The molecule has 4 nitrogen and oxygen atoms in total. The van der Waals surface area contributed by atoms with Crippen LogP contribution in [0.4, 0.5) is 0 Å². The molecule has 0 fully saturated rings. The molecule has 1 aromatic heterocycles. The largest absolute Gasteiger partial charge is 0.497 e. The second-order valence-corrected chi connectivity index (χ2v) is 6.91. The second-order valence-electron chi connectivity index (χ2n) is 6.91. The number of carbonyl (C=O) groups is 1. The van der Waals surface area contributed by atoms with Gasteiger partial charge in [-0.2, -0.15) is 0 Å². The Morgan fingerprint density at radius 3 is 2.31 bits per heavy atom. The van der Waals surface area contributed by atoms with Gasteiger partial charge in [-0.25, -0.2) is 4.98 Å². The number of amides is 1. The third kappa shape index (κ3) is 3.97. The molecule has 144 valence electrons. The fourth-order valence-corrected chi connectivity index (χ4v) is 3.38. The number of aromatic nitrogens is 1. The van der Waals surface area contributed by atoms with Crippen molar-refractivity contribution in [3.8, 4) is 17.0 Å². The Morgan fingerprint density at radius 1 is 0.931 bits per heavy atom. The van der Waals surface area contributed by atoms with Crippen LogP contribution in [0.25, 0.3) is 22.2 Å². The molecule has 0 aliphatic heterocycles. The van der Waals surface area contributed by atoms with Crippen molar-refractivity contribution in [3.63, 3.8) is 0 Å². The first-order chi connectivity index (χ1) is 14.2. The summed E-state index contributed by atoms with van der Waals surface area (Å²) in [6.07, 6.45) is 0. The minimum Gasteiger partial charge on any atom is -0.497 e. The number of fused-ring (bicyclic) bond motifs is 1. The van der Waals surface area contributed by atoms with Gasteiger partial charge in [0, 0.05) is 10.9 Å². The fraction of sp³-hybridized carbons (Fsp3) is 0.120. The number of pyridine rings is 1. The van der Waals surface area contributed by atoms with Gasteiger partial charge in [-0.05, 0) is 36.8 Å². The highest BCUT2D eigenvalue weighted by atomic mass is 16.5. The fourth-order valence-electron chi connectivity index (χ4n) is 3.38. The van der Waals surface area contributed by atoms with Crippen LogP contribution in [-0.2, 0) is 0 Å². The molecule has 0 bridgehead atoms. The van der Waals surface area contributed by atoms with Crippen molar-refractivity contribution in [3.05, 3.63) is 96.1 Å². The van der Waals surface area contributed by atoms with E-state index >= 15 is 0 Å². The molecule has 1 atom stereocenters. The number of nitrogens with one attached hydrogen (secondary N) is 1. The number of rotatable bonds is 5. The summed E-state index contributed by atoms with van der Waals surface area (Å²) < 4.78 is 5.36. The van der Waals surface area contributed by atoms with Crippen LogP contribution in [-0.4, -0.2) is 18.0 Å². The van der Waals surface area contributed by atoms with Gasteiger partial charge in [-0.3, -0.25) is 4.79 Å². The van der Waals surface area contributed by atoms with Gasteiger partial charge < -0.3 is 10.1 Å². The first-order valence-electron chi connectivity index (χ1n) is 9.56. The number of ether oxygens (including phenoxy) is 1. The molecule has 0 spiro atoms. The van der Waals surface area contributed by atoms with Crippen LogP contribution in [0.2, 0.25) is 0 Å². The van der Waals surface area contributed by atoms with Crippen LogP contribution >= 0.6 is 0 Å². The molecule has 0 aliphatic rings. The Bertz CT molecular complexity index is 1140. The summed E-state index contributed by atoms with van der Waals surface area (Å²) in [5, 5.41) is 3.88. The first kappa shape index (κ1) is 18.7. The van der Waals surface area contributed by atoms with E-state index in [2.05, 4.69) is 5.32 Å². The molecule has 1 N–H and O–H groups in total. The van der Waals surface area contributed by atoms with E-state index in [0.717, 1.165) is 27.7 Å². The summed E-state index contributed by atoms with van der Waals surface area (Å²) >= 11 is 0. The quantitative estimate of drug-likeness (QED) is 0.503. The Kier molecular flexibility index (Phi) is 5.25. The number of carbonyl (C=O) groups excluding carboxylic acids is 1. The van der Waals surface area contributed by atoms with Gasteiger partial charge in [0.1, 0.15) is 5.75 Å². The van der Waals surface area contributed by atoms with Crippen molar-refractivity contribution >= 4 is 16.8 Å². The number of benzene rings is 3. The van der Waals surface area contributed by atoms with Crippen LogP contribution < -0.4 is 10.1 Å². The maximum absolute atomic E-state index is 13.2. The predicted molar refractivity (Wildman–Crippen MR) is 116 cm³/mol. The third-order valence-electron chi connectivity index (χ3n) is 4.98. The van der Waals surface area contributed by atoms with Gasteiger partial charge in [-0.1, -0.05) is 60.7 Å². The number of methoxy groups -OCH3 is 1. The molecule has 0 saturated heterocycles. The van der Waals surface area contributed by atoms with Crippen LogP contribution in [0, 0.1) is 0 Å². The van der Waals surface area contributed by atoms with Crippen LogP contribution in [0.5, 0.6) is 5.75 Å².